The Morgan fingerprint density at radius 3 is 2.41 bits per heavy atom. The van der Waals surface area contributed by atoms with E-state index in [1.54, 1.807) is 0 Å². The van der Waals surface area contributed by atoms with Gasteiger partial charge in [0.25, 0.3) is 0 Å². The van der Waals surface area contributed by atoms with Gasteiger partial charge in [0.05, 0.1) is 15.4 Å². The zero-order valence-electron chi connectivity index (χ0n) is 9.63. The monoisotopic (exact) mass is 291 g/mol. The minimum Gasteiger partial charge on any atom is -0.302 e. The number of alkyl halides is 1. The first kappa shape index (κ1) is 13.5. The highest BCUT2D eigenvalue weighted by molar-refractivity contribution is 6.42. The molecule has 2 rings (SSSR count). The number of halogens is 3. The van der Waals surface area contributed by atoms with E-state index in [1.807, 2.05) is 18.2 Å². The minimum atomic E-state index is -0.0112. The van der Waals surface area contributed by atoms with Crippen LogP contribution in [0.1, 0.15) is 30.2 Å². The molecular formula is C13H16Cl3N. The number of piperidine rings is 1. The minimum absolute atomic E-state index is 0.0112. The van der Waals surface area contributed by atoms with Gasteiger partial charge in [0, 0.05) is 6.54 Å². The molecule has 1 heterocycles. The fourth-order valence-corrected chi connectivity index (χ4v) is 2.82. The van der Waals surface area contributed by atoms with E-state index in [0.717, 1.165) is 25.2 Å². The number of benzene rings is 1. The number of nitrogens with zero attached hydrogens (tertiary/aromatic N) is 1. The Hall–Kier alpha value is 0.0500. The van der Waals surface area contributed by atoms with Gasteiger partial charge < -0.3 is 4.90 Å². The molecule has 0 bridgehead atoms. The fraction of sp³-hybridized carbons (Fsp3) is 0.538. The maximum absolute atomic E-state index is 6.42. The molecule has 1 saturated heterocycles. The Morgan fingerprint density at radius 1 is 1.06 bits per heavy atom. The highest BCUT2D eigenvalue weighted by atomic mass is 35.5. The SMILES string of the molecule is Clc1ccc(C(Cl)CN2CCCCC2)cc1Cl. The summed E-state index contributed by atoms with van der Waals surface area (Å²) in [6.45, 7) is 3.20. The van der Waals surface area contributed by atoms with Gasteiger partial charge in [-0.15, -0.1) is 11.6 Å². The van der Waals surface area contributed by atoms with Crippen LogP contribution in [0.25, 0.3) is 0 Å². The van der Waals surface area contributed by atoms with E-state index in [2.05, 4.69) is 4.90 Å². The van der Waals surface area contributed by atoms with Gasteiger partial charge >= 0.3 is 0 Å². The molecule has 1 aromatic rings. The zero-order chi connectivity index (χ0) is 12.3. The third-order valence-corrected chi connectivity index (χ3v) is 4.30. The molecular weight excluding hydrogens is 277 g/mol. The Balaban J connectivity index is 1.98. The number of hydrogen-bond acceptors (Lipinski definition) is 1. The van der Waals surface area contributed by atoms with Gasteiger partial charge in [-0.05, 0) is 43.6 Å². The number of likely N-dealkylation sites (tertiary alicyclic amines) is 1. The van der Waals surface area contributed by atoms with Crippen LogP contribution in [0.2, 0.25) is 10.0 Å². The van der Waals surface area contributed by atoms with Gasteiger partial charge in [0.15, 0.2) is 0 Å². The van der Waals surface area contributed by atoms with Crippen LogP contribution in [-0.2, 0) is 0 Å². The topological polar surface area (TPSA) is 3.24 Å². The van der Waals surface area contributed by atoms with Crippen molar-refractivity contribution in [3.05, 3.63) is 33.8 Å². The summed E-state index contributed by atoms with van der Waals surface area (Å²) in [7, 11) is 0. The molecule has 0 spiro atoms. The van der Waals surface area contributed by atoms with Crippen LogP contribution in [0.3, 0.4) is 0 Å². The van der Waals surface area contributed by atoms with E-state index in [-0.39, 0.29) is 5.38 Å². The van der Waals surface area contributed by atoms with Crippen molar-refractivity contribution in [2.24, 2.45) is 0 Å². The van der Waals surface area contributed by atoms with E-state index in [9.17, 15) is 0 Å². The number of rotatable bonds is 3. The van der Waals surface area contributed by atoms with Crippen LogP contribution < -0.4 is 0 Å². The molecule has 0 radical (unpaired) electrons. The van der Waals surface area contributed by atoms with E-state index in [0.29, 0.717) is 10.0 Å². The van der Waals surface area contributed by atoms with E-state index in [1.165, 1.54) is 19.3 Å². The predicted molar refractivity (Wildman–Crippen MR) is 75.3 cm³/mol. The summed E-state index contributed by atoms with van der Waals surface area (Å²) in [5, 5.41) is 1.15. The van der Waals surface area contributed by atoms with Crippen LogP contribution in [0.5, 0.6) is 0 Å². The summed E-state index contributed by atoms with van der Waals surface area (Å²) in [6, 6.07) is 5.63. The molecule has 94 valence electrons. The summed E-state index contributed by atoms with van der Waals surface area (Å²) in [4.78, 5) is 2.42. The van der Waals surface area contributed by atoms with E-state index < -0.39 is 0 Å². The Kier molecular flexibility index (Phi) is 4.98. The summed E-state index contributed by atoms with van der Waals surface area (Å²) in [5.74, 6) is 0. The molecule has 1 atom stereocenters. The van der Waals surface area contributed by atoms with Crippen molar-refractivity contribution in [3.63, 3.8) is 0 Å². The van der Waals surface area contributed by atoms with Gasteiger partial charge in [0.2, 0.25) is 0 Å². The second-order valence-electron chi connectivity index (χ2n) is 4.50. The van der Waals surface area contributed by atoms with Crippen molar-refractivity contribution in [3.8, 4) is 0 Å². The van der Waals surface area contributed by atoms with Gasteiger partial charge in [-0.1, -0.05) is 35.7 Å². The molecule has 1 aromatic carbocycles. The van der Waals surface area contributed by atoms with Gasteiger partial charge in [-0.2, -0.15) is 0 Å². The summed E-state index contributed by atoms with van der Waals surface area (Å²) >= 11 is 18.3. The first-order chi connectivity index (χ1) is 8.16. The third-order valence-electron chi connectivity index (χ3n) is 3.17. The predicted octanol–water partition coefficient (Wildman–Crippen LogP) is 4.76. The fourth-order valence-electron chi connectivity index (χ4n) is 2.18. The van der Waals surface area contributed by atoms with Crippen LogP contribution in [0, 0.1) is 0 Å². The molecule has 1 aliphatic heterocycles. The molecule has 1 fully saturated rings. The average molecular weight is 293 g/mol. The van der Waals surface area contributed by atoms with Crippen molar-refractivity contribution in [2.75, 3.05) is 19.6 Å². The van der Waals surface area contributed by atoms with Crippen LogP contribution in [-0.4, -0.2) is 24.5 Å². The first-order valence-electron chi connectivity index (χ1n) is 5.98. The van der Waals surface area contributed by atoms with E-state index >= 15 is 0 Å². The lowest BCUT2D eigenvalue weighted by atomic mass is 10.1. The maximum atomic E-state index is 6.42. The number of hydrogen-bond donors (Lipinski definition) is 0. The third kappa shape index (κ3) is 3.75. The Labute approximate surface area is 118 Å². The second kappa shape index (κ2) is 6.29. The lowest BCUT2D eigenvalue weighted by Crippen LogP contribution is -2.32. The van der Waals surface area contributed by atoms with E-state index in [4.69, 9.17) is 34.8 Å². The van der Waals surface area contributed by atoms with Gasteiger partial charge in [-0.3, -0.25) is 0 Å². The van der Waals surface area contributed by atoms with Gasteiger partial charge in [0.1, 0.15) is 0 Å². The summed E-state index contributed by atoms with van der Waals surface area (Å²) in [6.07, 6.45) is 3.91. The molecule has 17 heavy (non-hydrogen) atoms. The lowest BCUT2D eigenvalue weighted by Gasteiger charge is -2.28. The molecule has 0 N–H and O–H groups in total. The first-order valence-corrected chi connectivity index (χ1v) is 7.17. The molecule has 0 aromatic heterocycles. The molecule has 4 heteroatoms. The van der Waals surface area contributed by atoms with Crippen molar-refractivity contribution in [1.82, 2.24) is 4.90 Å². The largest absolute Gasteiger partial charge is 0.302 e. The average Bonchev–Trinajstić information content (AvgIpc) is 2.34. The van der Waals surface area contributed by atoms with Crippen molar-refractivity contribution >= 4 is 34.8 Å². The van der Waals surface area contributed by atoms with Gasteiger partial charge in [-0.25, -0.2) is 0 Å². The second-order valence-corrected chi connectivity index (χ2v) is 5.84. The smallest absolute Gasteiger partial charge is 0.0712 e. The highest BCUT2D eigenvalue weighted by Gasteiger charge is 2.16. The van der Waals surface area contributed by atoms with Crippen LogP contribution in [0.4, 0.5) is 0 Å². The molecule has 1 nitrogen and oxygen atoms in total. The molecule has 0 aliphatic carbocycles. The van der Waals surface area contributed by atoms with Crippen LogP contribution in [0.15, 0.2) is 18.2 Å². The summed E-state index contributed by atoms with van der Waals surface area (Å²) < 4.78 is 0. The summed E-state index contributed by atoms with van der Waals surface area (Å²) in [5.41, 5.74) is 1.05. The Bertz CT molecular complexity index is 375. The molecule has 0 amide bonds. The molecule has 1 unspecified atom stereocenters. The van der Waals surface area contributed by atoms with Crippen molar-refractivity contribution in [2.45, 2.75) is 24.6 Å². The maximum Gasteiger partial charge on any atom is 0.0712 e. The normalized spacial score (nSPS) is 19.2. The Morgan fingerprint density at radius 2 is 1.76 bits per heavy atom. The van der Waals surface area contributed by atoms with Crippen molar-refractivity contribution < 1.29 is 0 Å². The zero-order valence-corrected chi connectivity index (χ0v) is 11.9. The molecule has 0 saturated carbocycles. The lowest BCUT2D eigenvalue weighted by molar-refractivity contribution is 0.229. The molecule has 1 aliphatic rings. The quantitative estimate of drug-likeness (QED) is 0.726. The van der Waals surface area contributed by atoms with Crippen molar-refractivity contribution in [1.29, 1.82) is 0 Å². The van der Waals surface area contributed by atoms with Crippen LogP contribution >= 0.6 is 34.8 Å². The standard InChI is InChI=1S/C13H16Cl3N/c14-11-5-4-10(8-12(11)15)13(16)9-17-6-2-1-3-7-17/h4-5,8,13H,1-3,6-7,9H2. The highest BCUT2D eigenvalue weighted by Crippen LogP contribution is 2.29.